The maximum absolute atomic E-state index is 11.9. The summed E-state index contributed by atoms with van der Waals surface area (Å²) < 4.78 is 5.90. The topological polar surface area (TPSA) is 99.0 Å². The molecule has 2 rings (SSSR count). The molecule has 0 radical (unpaired) electrons. The van der Waals surface area contributed by atoms with Gasteiger partial charge in [0.15, 0.2) is 0 Å². The maximum Gasteiger partial charge on any atom is 0.378 e. The molecule has 1 aromatic heterocycles. The van der Waals surface area contributed by atoms with E-state index in [2.05, 4.69) is 20.8 Å². The van der Waals surface area contributed by atoms with Crippen LogP contribution in [0.25, 0.3) is 0 Å². The highest BCUT2D eigenvalue weighted by atomic mass is 16.5. The molecule has 1 heterocycles. The number of aromatic nitrogens is 4. The summed E-state index contributed by atoms with van der Waals surface area (Å²) in [7, 11) is 0. The van der Waals surface area contributed by atoms with Gasteiger partial charge in [-0.15, -0.1) is 5.10 Å². The average Bonchev–Trinajstić information content (AvgIpc) is 2.90. The molecule has 0 aliphatic heterocycles. The molecule has 0 unspecified atom stereocenters. The first kappa shape index (κ1) is 14.6. The molecule has 1 aromatic carbocycles. The molecule has 21 heavy (non-hydrogen) atoms. The van der Waals surface area contributed by atoms with Crippen molar-refractivity contribution in [2.24, 2.45) is 0 Å². The van der Waals surface area contributed by atoms with Crippen LogP contribution in [0.3, 0.4) is 0 Å². The van der Waals surface area contributed by atoms with Crippen LogP contribution in [-0.2, 0) is 16.1 Å². The van der Waals surface area contributed by atoms with Gasteiger partial charge in [-0.25, -0.2) is 9.48 Å². The fraction of sp³-hybridized carbons (Fsp3) is 0.308. The smallest absolute Gasteiger partial charge is 0.378 e. The number of nitrogens with one attached hydrogen (secondary N) is 1. The van der Waals surface area contributed by atoms with E-state index in [4.69, 9.17) is 4.74 Å². The third-order valence-electron chi connectivity index (χ3n) is 2.62. The molecule has 0 spiro atoms. The van der Waals surface area contributed by atoms with Gasteiger partial charge in [0.2, 0.25) is 5.91 Å². The lowest BCUT2D eigenvalue weighted by atomic mass is 10.2. The number of hydrogen-bond donors (Lipinski definition) is 1. The molecule has 2 aromatic rings. The van der Waals surface area contributed by atoms with E-state index >= 15 is 0 Å². The van der Waals surface area contributed by atoms with Crippen LogP contribution in [0.5, 0.6) is 0 Å². The van der Waals surface area contributed by atoms with Crippen molar-refractivity contribution in [3.8, 4) is 0 Å². The number of benzene rings is 1. The summed E-state index contributed by atoms with van der Waals surface area (Å²) in [6.45, 7) is 3.67. The van der Waals surface area contributed by atoms with E-state index in [1.165, 1.54) is 0 Å². The lowest BCUT2D eigenvalue weighted by molar-refractivity contribution is -0.116. The first-order valence-electron chi connectivity index (χ1n) is 6.40. The Labute approximate surface area is 121 Å². The van der Waals surface area contributed by atoms with Gasteiger partial charge in [0, 0.05) is 5.69 Å². The highest BCUT2D eigenvalue weighted by molar-refractivity contribution is 5.91. The minimum atomic E-state index is -0.661. The van der Waals surface area contributed by atoms with Crippen molar-refractivity contribution >= 4 is 17.6 Å². The summed E-state index contributed by atoms with van der Waals surface area (Å²) in [5, 5.41) is 13.2. The van der Waals surface area contributed by atoms with Crippen LogP contribution in [0.15, 0.2) is 24.3 Å². The summed E-state index contributed by atoms with van der Waals surface area (Å²) >= 11 is 0. The number of aryl methyl sites for hydroxylation is 1. The Morgan fingerprint density at radius 1 is 1.29 bits per heavy atom. The second-order valence-corrected chi connectivity index (χ2v) is 4.29. The summed E-state index contributed by atoms with van der Waals surface area (Å²) in [5.41, 5.74) is 1.76. The molecule has 1 amide bonds. The lowest BCUT2D eigenvalue weighted by Gasteiger charge is -2.06. The predicted molar refractivity (Wildman–Crippen MR) is 73.6 cm³/mol. The van der Waals surface area contributed by atoms with E-state index in [9.17, 15) is 9.59 Å². The Morgan fingerprint density at radius 2 is 2.00 bits per heavy atom. The molecule has 0 aliphatic carbocycles. The Balaban J connectivity index is 2.01. The zero-order chi connectivity index (χ0) is 15.2. The highest BCUT2D eigenvalue weighted by Crippen LogP contribution is 2.08. The highest BCUT2D eigenvalue weighted by Gasteiger charge is 2.18. The fourth-order valence-corrected chi connectivity index (χ4v) is 1.63. The van der Waals surface area contributed by atoms with E-state index in [1.54, 1.807) is 19.1 Å². The van der Waals surface area contributed by atoms with Crippen LogP contribution in [0.4, 0.5) is 5.69 Å². The number of tetrazole rings is 1. The molecule has 0 bridgehead atoms. The quantitative estimate of drug-likeness (QED) is 0.817. The molecule has 0 saturated heterocycles. The number of esters is 1. The van der Waals surface area contributed by atoms with Crippen LogP contribution in [0, 0.1) is 6.92 Å². The van der Waals surface area contributed by atoms with E-state index in [-0.39, 0.29) is 24.9 Å². The Kier molecular flexibility index (Phi) is 4.60. The summed E-state index contributed by atoms with van der Waals surface area (Å²) in [4.78, 5) is 23.5. The van der Waals surface area contributed by atoms with Crippen molar-refractivity contribution < 1.29 is 14.3 Å². The Morgan fingerprint density at radius 3 is 2.67 bits per heavy atom. The van der Waals surface area contributed by atoms with Gasteiger partial charge < -0.3 is 10.1 Å². The average molecular weight is 289 g/mol. The molecular weight excluding hydrogens is 274 g/mol. The molecule has 0 atom stereocenters. The fourth-order valence-electron chi connectivity index (χ4n) is 1.63. The normalized spacial score (nSPS) is 10.2. The molecule has 0 fully saturated rings. The summed E-state index contributed by atoms with van der Waals surface area (Å²) in [6, 6.07) is 7.35. The third kappa shape index (κ3) is 3.85. The summed E-state index contributed by atoms with van der Waals surface area (Å²) in [5.74, 6) is -1.10. The minimum absolute atomic E-state index is 0.101. The molecule has 0 saturated carbocycles. The molecule has 8 nitrogen and oxygen atoms in total. The molecule has 1 N–H and O–H groups in total. The number of ether oxygens (including phenoxy) is 1. The van der Waals surface area contributed by atoms with Gasteiger partial charge in [-0.2, -0.15) is 0 Å². The van der Waals surface area contributed by atoms with E-state index in [1.807, 2.05) is 19.1 Å². The van der Waals surface area contributed by atoms with E-state index < -0.39 is 5.97 Å². The number of carbonyl (C=O) groups excluding carboxylic acids is 2. The van der Waals surface area contributed by atoms with Gasteiger partial charge in [-0.1, -0.05) is 17.7 Å². The number of nitrogens with zero attached hydrogens (tertiary/aromatic N) is 4. The van der Waals surface area contributed by atoms with E-state index in [0.29, 0.717) is 5.69 Å². The SMILES string of the molecule is CCOC(=O)c1nnnn1CC(=O)Nc1ccc(C)cc1. The van der Waals surface area contributed by atoms with Crippen LogP contribution in [-0.4, -0.2) is 38.7 Å². The van der Waals surface area contributed by atoms with Gasteiger partial charge in [-0.3, -0.25) is 4.79 Å². The van der Waals surface area contributed by atoms with Gasteiger partial charge >= 0.3 is 5.97 Å². The molecule has 110 valence electrons. The zero-order valence-corrected chi connectivity index (χ0v) is 11.7. The van der Waals surface area contributed by atoms with Crippen molar-refractivity contribution in [1.29, 1.82) is 0 Å². The lowest BCUT2D eigenvalue weighted by Crippen LogP contribution is -2.23. The largest absolute Gasteiger partial charge is 0.460 e. The number of rotatable bonds is 5. The van der Waals surface area contributed by atoms with Crippen molar-refractivity contribution in [3.05, 3.63) is 35.7 Å². The van der Waals surface area contributed by atoms with Crippen LogP contribution in [0.2, 0.25) is 0 Å². The number of hydrogen-bond acceptors (Lipinski definition) is 6. The van der Waals surface area contributed by atoms with Crippen molar-refractivity contribution in [2.75, 3.05) is 11.9 Å². The first-order valence-corrected chi connectivity index (χ1v) is 6.40. The van der Waals surface area contributed by atoms with E-state index in [0.717, 1.165) is 10.2 Å². The number of amides is 1. The maximum atomic E-state index is 11.9. The molecule has 0 aliphatic rings. The number of carbonyl (C=O) groups is 2. The van der Waals surface area contributed by atoms with Crippen molar-refractivity contribution in [3.63, 3.8) is 0 Å². The van der Waals surface area contributed by atoms with Gasteiger partial charge in [0.05, 0.1) is 6.61 Å². The third-order valence-corrected chi connectivity index (χ3v) is 2.62. The van der Waals surface area contributed by atoms with Crippen LogP contribution >= 0.6 is 0 Å². The second-order valence-electron chi connectivity index (χ2n) is 4.29. The van der Waals surface area contributed by atoms with Crippen LogP contribution in [0.1, 0.15) is 23.1 Å². The monoisotopic (exact) mass is 289 g/mol. The second kappa shape index (κ2) is 6.60. The predicted octanol–water partition coefficient (Wildman–Crippen LogP) is 0.797. The van der Waals surface area contributed by atoms with Crippen molar-refractivity contribution in [2.45, 2.75) is 20.4 Å². The van der Waals surface area contributed by atoms with Gasteiger partial charge in [-0.05, 0) is 36.4 Å². The molecular formula is C13H15N5O3. The minimum Gasteiger partial charge on any atom is -0.460 e. The molecule has 8 heteroatoms. The van der Waals surface area contributed by atoms with Gasteiger partial charge in [0.1, 0.15) is 6.54 Å². The standard InChI is InChI=1S/C13H15N5O3/c1-3-21-13(20)12-15-16-17-18(12)8-11(19)14-10-6-4-9(2)5-7-10/h4-7H,3,8H2,1-2H3,(H,14,19). The first-order chi connectivity index (χ1) is 10.1. The number of anilines is 1. The van der Waals surface area contributed by atoms with Gasteiger partial charge in [0.25, 0.3) is 5.82 Å². The zero-order valence-electron chi connectivity index (χ0n) is 11.7. The Hall–Kier alpha value is -2.77. The van der Waals surface area contributed by atoms with Crippen LogP contribution < -0.4 is 5.32 Å². The summed E-state index contributed by atoms with van der Waals surface area (Å²) in [6.07, 6.45) is 0. The van der Waals surface area contributed by atoms with Crippen molar-refractivity contribution in [1.82, 2.24) is 20.2 Å². The Bertz CT molecular complexity index is 636.